The Balaban J connectivity index is 1.51. The van der Waals surface area contributed by atoms with Crippen molar-refractivity contribution in [2.24, 2.45) is 0 Å². The minimum Gasteiger partial charge on any atom is -0.484 e. The first kappa shape index (κ1) is 20.8. The van der Waals surface area contributed by atoms with E-state index in [2.05, 4.69) is 11.9 Å². The summed E-state index contributed by atoms with van der Waals surface area (Å²) in [5, 5.41) is 2.81. The third kappa shape index (κ3) is 5.79. The lowest BCUT2D eigenvalue weighted by molar-refractivity contribution is -0.123. The van der Waals surface area contributed by atoms with E-state index in [0.717, 1.165) is 11.1 Å². The zero-order chi connectivity index (χ0) is 20.6. The van der Waals surface area contributed by atoms with Gasteiger partial charge in [0.2, 0.25) is 0 Å². The first-order valence-corrected chi connectivity index (χ1v) is 10.2. The lowest BCUT2D eigenvalue weighted by atomic mass is 10.2. The number of rotatable bonds is 8. The predicted molar refractivity (Wildman–Crippen MR) is 120 cm³/mol. The molecule has 2 aromatic carbocycles. The third-order valence-electron chi connectivity index (χ3n) is 4.07. The second-order valence-electron chi connectivity index (χ2n) is 6.20. The highest BCUT2D eigenvalue weighted by Gasteiger charge is 2.30. The Morgan fingerprint density at radius 1 is 1.17 bits per heavy atom. The summed E-state index contributed by atoms with van der Waals surface area (Å²) in [6.07, 6.45) is 3.44. The molecule has 2 aromatic rings. The maximum atomic E-state index is 12.4. The van der Waals surface area contributed by atoms with Gasteiger partial charge < -0.3 is 10.1 Å². The number of nitrogens with zero attached hydrogens (tertiary/aromatic N) is 1. The molecule has 2 amide bonds. The van der Waals surface area contributed by atoms with Gasteiger partial charge in [-0.25, -0.2) is 0 Å². The van der Waals surface area contributed by atoms with Gasteiger partial charge in [-0.1, -0.05) is 72.5 Å². The molecule has 3 rings (SSSR count). The van der Waals surface area contributed by atoms with Crippen molar-refractivity contribution < 1.29 is 14.3 Å². The Morgan fingerprint density at radius 2 is 1.90 bits per heavy atom. The molecular formula is C22H20N2O3S2. The number of benzene rings is 2. The fourth-order valence-corrected chi connectivity index (χ4v) is 3.87. The van der Waals surface area contributed by atoms with Crippen LogP contribution in [0.15, 0.2) is 72.2 Å². The monoisotopic (exact) mass is 424 g/mol. The summed E-state index contributed by atoms with van der Waals surface area (Å²) in [6, 6.07) is 16.9. The van der Waals surface area contributed by atoms with Gasteiger partial charge in [0.25, 0.3) is 11.8 Å². The molecule has 7 heteroatoms. The van der Waals surface area contributed by atoms with Gasteiger partial charge in [-0.15, -0.1) is 6.58 Å². The van der Waals surface area contributed by atoms with E-state index in [4.69, 9.17) is 17.0 Å². The summed E-state index contributed by atoms with van der Waals surface area (Å²) >= 11 is 6.51. The maximum Gasteiger partial charge on any atom is 0.266 e. The molecule has 0 radical (unpaired) electrons. The van der Waals surface area contributed by atoms with Crippen LogP contribution in [-0.4, -0.2) is 34.2 Å². The molecule has 148 valence electrons. The number of hydrogen-bond acceptors (Lipinski definition) is 5. The minimum absolute atomic E-state index is 0.0631. The summed E-state index contributed by atoms with van der Waals surface area (Å²) in [5.74, 6) is 0.273. The first-order valence-electron chi connectivity index (χ1n) is 8.96. The Kier molecular flexibility index (Phi) is 7.21. The highest BCUT2D eigenvalue weighted by atomic mass is 32.2. The Bertz CT molecular complexity index is 940. The first-order chi connectivity index (χ1) is 14.1. The van der Waals surface area contributed by atoms with Crippen molar-refractivity contribution >= 4 is 46.2 Å². The number of thiocarbonyl (C=S) groups is 1. The molecule has 1 heterocycles. The van der Waals surface area contributed by atoms with Gasteiger partial charge in [0.1, 0.15) is 10.1 Å². The van der Waals surface area contributed by atoms with E-state index >= 15 is 0 Å². The highest BCUT2D eigenvalue weighted by Crippen LogP contribution is 2.32. The van der Waals surface area contributed by atoms with Crippen LogP contribution in [0.4, 0.5) is 0 Å². The van der Waals surface area contributed by atoms with Crippen molar-refractivity contribution in [1.82, 2.24) is 10.2 Å². The molecule has 0 saturated carbocycles. The average molecular weight is 425 g/mol. The minimum atomic E-state index is -0.191. The van der Waals surface area contributed by atoms with Crippen molar-refractivity contribution in [3.05, 3.63) is 83.3 Å². The molecule has 0 spiro atoms. The Hall–Kier alpha value is -2.90. The van der Waals surface area contributed by atoms with Gasteiger partial charge in [-0.05, 0) is 29.3 Å². The van der Waals surface area contributed by atoms with Crippen LogP contribution in [-0.2, 0) is 16.1 Å². The number of thioether (sulfide) groups is 1. The van der Waals surface area contributed by atoms with E-state index in [1.165, 1.54) is 16.7 Å². The molecule has 0 aromatic heterocycles. The molecule has 0 atom stereocenters. The third-order valence-corrected chi connectivity index (χ3v) is 5.44. The molecule has 0 bridgehead atoms. The van der Waals surface area contributed by atoms with Crippen molar-refractivity contribution in [3.8, 4) is 5.75 Å². The van der Waals surface area contributed by atoms with Crippen molar-refractivity contribution in [3.63, 3.8) is 0 Å². The van der Waals surface area contributed by atoms with E-state index < -0.39 is 0 Å². The van der Waals surface area contributed by atoms with Crippen LogP contribution in [0, 0.1) is 0 Å². The molecule has 1 saturated heterocycles. The summed E-state index contributed by atoms with van der Waals surface area (Å²) in [4.78, 5) is 26.4. The van der Waals surface area contributed by atoms with Crippen LogP contribution in [0.3, 0.4) is 0 Å². The van der Waals surface area contributed by atoms with Crippen molar-refractivity contribution in [1.29, 1.82) is 0 Å². The van der Waals surface area contributed by atoms with E-state index in [0.29, 0.717) is 28.1 Å². The summed E-state index contributed by atoms with van der Waals surface area (Å²) < 4.78 is 6.05. The molecule has 0 aliphatic carbocycles. The Morgan fingerprint density at radius 3 is 2.59 bits per heavy atom. The van der Waals surface area contributed by atoms with Gasteiger partial charge in [0, 0.05) is 13.1 Å². The zero-order valence-corrected chi connectivity index (χ0v) is 17.3. The van der Waals surface area contributed by atoms with Gasteiger partial charge in [0.05, 0.1) is 4.91 Å². The topological polar surface area (TPSA) is 58.6 Å². The van der Waals surface area contributed by atoms with E-state index in [-0.39, 0.29) is 18.4 Å². The molecule has 1 fully saturated rings. The number of carbonyl (C=O) groups is 2. The molecule has 1 aliphatic rings. The van der Waals surface area contributed by atoms with Crippen LogP contribution < -0.4 is 10.1 Å². The number of amides is 2. The number of hydrogen-bond donors (Lipinski definition) is 1. The predicted octanol–water partition coefficient (Wildman–Crippen LogP) is 3.77. The molecular weight excluding hydrogens is 404 g/mol. The number of carbonyl (C=O) groups excluding carboxylic acids is 2. The second kappa shape index (κ2) is 10.0. The van der Waals surface area contributed by atoms with Gasteiger partial charge >= 0.3 is 0 Å². The SMILES string of the molecule is C=CCN1C(=O)/C(=C/c2ccc(OCC(=O)NCc3ccccc3)cc2)SC1=S. The van der Waals surface area contributed by atoms with E-state index in [9.17, 15) is 9.59 Å². The van der Waals surface area contributed by atoms with Crippen LogP contribution in [0.5, 0.6) is 5.75 Å². The molecule has 0 unspecified atom stereocenters. The van der Waals surface area contributed by atoms with Gasteiger partial charge in [0.15, 0.2) is 6.61 Å². The van der Waals surface area contributed by atoms with Crippen LogP contribution in [0.25, 0.3) is 6.08 Å². The second-order valence-corrected chi connectivity index (χ2v) is 7.88. The van der Waals surface area contributed by atoms with Crippen molar-refractivity contribution in [2.45, 2.75) is 6.54 Å². The zero-order valence-electron chi connectivity index (χ0n) is 15.7. The van der Waals surface area contributed by atoms with E-state index in [1.807, 2.05) is 42.5 Å². The summed E-state index contributed by atoms with van der Waals surface area (Å²) in [6.45, 7) is 4.45. The molecule has 29 heavy (non-hydrogen) atoms. The van der Waals surface area contributed by atoms with Gasteiger partial charge in [-0.2, -0.15) is 0 Å². The average Bonchev–Trinajstić information content (AvgIpc) is 3.00. The smallest absolute Gasteiger partial charge is 0.266 e. The fourth-order valence-electron chi connectivity index (χ4n) is 2.59. The standard InChI is InChI=1S/C22H20N2O3S2/c1-2-12-24-21(26)19(29-22(24)28)13-16-8-10-18(11-9-16)27-15-20(25)23-14-17-6-4-3-5-7-17/h2-11,13H,1,12,14-15H2,(H,23,25)/b19-13-. The fraction of sp³-hybridized carbons (Fsp3) is 0.136. The largest absolute Gasteiger partial charge is 0.484 e. The lowest BCUT2D eigenvalue weighted by Gasteiger charge is -2.10. The molecule has 5 nitrogen and oxygen atoms in total. The van der Waals surface area contributed by atoms with Crippen LogP contribution in [0.1, 0.15) is 11.1 Å². The van der Waals surface area contributed by atoms with Crippen molar-refractivity contribution in [2.75, 3.05) is 13.2 Å². The number of ether oxygens (including phenoxy) is 1. The number of nitrogens with one attached hydrogen (secondary N) is 1. The van der Waals surface area contributed by atoms with Crippen LogP contribution >= 0.6 is 24.0 Å². The summed E-state index contributed by atoms with van der Waals surface area (Å²) in [7, 11) is 0. The molecule has 1 aliphatic heterocycles. The highest BCUT2D eigenvalue weighted by molar-refractivity contribution is 8.26. The van der Waals surface area contributed by atoms with Gasteiger partial charge in [-0.3, -0.25) is 14.5 Å². The molecule has 1 N–H and O–H groups in total. The maximum absolute atomic E-state index is 12.4. The quantitative estimate of drug-likeness (QED) is 0.397. The lowest BCUT2D eigenvalue weighted by Crippen LogP contribution is -2.28. The van der Waals surface area contributed by atoms with Crippen LogP contribution in [0.2, 0.25) is 0 Å². The summed E-state index contributed by atoms with van der Waals surface area (Å²) in [5.41, 5.74) is 1.88. The normalized spacial score (nSPS) is 14.9. The Labute approximate surface area is 179 Å². The van der Waals surface area contributed by atoms with E-state index in [1.54, 1.807) is 24.3 Å².